The highest BCUT2D eigenvalue weighted by Gasteiger charge is 2.20. The molecule has 0 aromatic carbocycles. The predicted molar refractivity (Wildman–Crippen MR) is 246 cm³/mol. The Morgan fingerprint density at radius 1 is 0.474 bits per heavy atom. The van der Waals surface area contributed by atoms with E-state index >= 15 is 0 Å². The third kappa shape index (κ3) is 44.0. The highest BCUT2D eigenvalue weighted by atomic mass is 16.5. The van der Waals surface area contributed by atoms with E-state index in [1.165, 1.54) is 186 Å². The van der Waals surface area contributed by atoms with Crippen LogP contribution in [0.5, 0.6) is 0 Å². The minimum absolute atomic E-state index is 0.0280. The lowest BCUT2D eigenvalue weighted by Crippen LogP contribution is -2.45. The Labute approximate surface area is 355 Å². The van der Waals surface area contributed by atoms with Gasteiger partial charge in [0.25, 0.3) is 0 Å². The maximum absolute atomic E-state index is 12.4. The van der Waals surface area contributed by atoms with E-state index in [1.54, 1.807) is 0 Å². The molecular formula is C51H99NO5. The van der Waals surface area contributed by atoms with Crippen LogP contribution in [0.1, 0.15) is 277 Å². The van der Waals surface area contributed by atoms with Gasteiger partial charge >= 0.3 is 5.97 Å². The molecule has 57 heavy (non-hydrogen) atoms. The molecule has 0 fully saturated rings. The summed E-state index contributed by atoms with van der Waals surface area (Å²) < 4.78 is 5.45. The molecule has 0 heterocycles. The summed E-state index contributed by atoms with van der Waals surface area (Å²) in [6, 6.07) is -0.560. The van der Waals surface area contributed by atoms with Crippen LogP contribution in [0.25, 0.3) is 0 Å². The van der Waals surface area contributed by atoms with Crippen LogP contribution in [0.15, 0.2) is 12.2 Å². The van der Waals surface area contributed by atoms with Crippen LogP contribution in [0.4, 0.5) is 0 Å². The number of esters is 1. The van der Waals surface area contributed by atoms with Crippen LogP contribution in [0.2, 0.25) is 0 Å². The number of hydrogen-bond acceptors (Lipinski definition) is 5. The van der Waals surface area contributed by atoms with E-state index in [4.69, 9.17) is 4.74 Å². The molecule has 0 aromatic heterocycles. The first-order valence-corrected chi connectivity index (χ1v) is 25.4. The summed E-state index contributed by atoms with van der Waals surface area (Å²) in [5.74, 6) is -0.0899. The number of nitrogens with one attached hydrogen (secondary N) is 1. The second-order valence-corrected chi connectivity index (χ2v) is 17.5. The number of aliphatic hydroxyl groups is 2. The van der Waals surface area contributed by atoms with Crippen LogP contribution in [-0.4, -0.2) is 47.4 Å². The highest BCUT2D eigenvalue weighted by Crippen LogP contribution is 2.16. The fraction of sp³-hybridized carbons (Fsp3) is 0.922. The average molecular weight is 806 g/mol. The number of aliphatic hydroxyl groups excluding tert-OH is 2. The lowest BCUT2D eigenvalue weighted by atomic mass is 10.0. The molecule has 3 N–H and O–H groups in total. The quantitative estimate of drug-likeness (QED) is 0.0323. The van der Waals surface area contributed by atoms with E-state index in [0.29, 0.717) is 25.9 Å². The van der Waals surface area contributed by atoms with Crippen LogP contribution < -0.4 is 5.32 Å². The summed E-state index contributed by atoms with van der Waals surface area (Å²) in [5.41, 5.74) is 0. The SMILES string of the molecule is CCCCCCCC/C=C\CCCCCCCCCC(=O)OCCCCCCCCCCCC(=O)NC(CO)C(O)CCCCCCCCCCCCCCCC. The van der Waals surface area contributed by atoms with Crippen molar-refractivity contribution in [3.8, 4) is 0 Å². The minimum Gasteiger partial charge on any atom is -0.466 e. The number of hydrogen-bond donors (Lipinski definition) is 3. The minimum atomic E-state index is -0.680. The number of unbranched alkanes of at least 4 members (excludes halogenated alkanes) is 34. The molecular weight excluding hydrogens is 707 g/mol. The molecule has 2 unspecified atom stereocenters. The highest BCUT2D eigenvalue weighted by molar-refractivity contribution is 5.76. The van der Waals surface area contributed by atoms with Gasteiger partial charge in [-0.2, -0.15) is 0 Å². The zero-order valence-corrected chi connectivity index (χ0v) is 38.3. The van der Waals surface area contributed by atoms with Crippen LogP contribution >= 0.6 is 0 Å². The Hall–Kier alpha value is -1.40. The second kappa shape index (κ2) is 47.3. The molecule has 0 saturated carbocycles. The summed E-state index contributed by atoms with van der Waals surface area (Å²) in [6.45, 7) is 4.89. The van der Waals surface area contributed by atoms with Gasteiger partial charge in [-0.3, -0.25) is 9.59 Å². The molecule has 1 amide bonds. The van der Waals surface area contributed by atoms with Gasteiger partial charge in [-0.1, -0.05) is 225 Å². The number of allylic oxidation sites excluding steroid dienone is 2. The van der Waals surface area contributed by atoms with Crippen molar-refractivity contribution >= 4 is 11.9 Å². The van der Waals surface area contributed by atoms with E-state index in [1.807, 2.05) is 0 Å². The molecule has 0 bridgehead atoms. The molecule has 0 aromatic rings. The predicted octanol–water partition coefficient (Wildman–Crippen LogP) is 15.0. The maximum atomic E-state index is 12.4. The standard InChI is InChI=1S/C51H99NO5/c1-3-5-7-9-11-13-15-17-19-20-21-23-25-29-33-37-41-45-51(56)57-46-42-38-34-30-26-28-32-36-40-44-50(55)52-48(47-53)49(54)43-39-35-31-27-24-22-18-16-14-12-10-8-6-4-2/h17,19,48-49,53-54H,3-16,18,20-47H2,1-2H3,(H,52,55)/b19-17-. The fourth-order valence-corrected chi connectivity index (χ4v) is 7.87. The molecule has 6 heteroatoms. The lowest BCUT2D eigenvalue weighted by Gasteiger charge is -2.22. The van der Waals surface area contributed by atoms with Gasteiger partial charge in [0, 0.05) is 12.8 Å². The molecule has 0 spiro atoms. The third-order valence-corrected chi connectivity index (χ3v) is 11.8. The van der Waals surface area contributed by atoms with Crippen molar-refractivity contribution in [2.24, 2.45) is 0 Å². The van der Waals surface area contributed by atoms with Crippen molar-refractivity contribution in [2.75, 3.05) is 13.2 Å². The van der Waals surface area contributed by atoms with Crippen LogP contribution in [0.3, 0.4) is 0 Å². The normalized spacial score (nSPS) is 12.7. The van der Waals surface area contributed by atoms with Gasteiger partial charge in [-0.05, 0) is 51.4 Å². The summed E-state index contributed by atoms with van der Waals surface area (Å²) in [4.78, 5) is 24.5. The van der Waals surface area contributed by atoms with E-state index in [9.17, 15) is 19.8 Å². The second-order valence-electron chi connectivity index (χ2n) is 17.5. The zero-order chi connectivity index (χ0) is 41.5. The topological polar surface area (TPSA) is 95.9 Å². The Morgan fingerprint density at radius 3 is 1.25 bits per heavy atom. The van der Waals surface area contributed by atoms with Crippen LogP contribution in [0, 0.1) is 0 Å². The van der Waals surface area contributed by atoms with Gasteiger partial charge in [0.1, 0.15) is 0 Å². The first kappa shape index (κ1) is 55.6. The lowest BCUT2D eigenvalue weighted by molar-refractivity contribution is -0.143. The summed E-state index contributed by atoms with van der Waals surface area (Å²) in [6.07, 6.45) is 53.2. The molecule has 6 nitrogen and oxygen atoms in total. The largest absolute Gasteiger partial charge is 0.466 e. The number of amides is 1. The first-order chi connectivity index (χ1) is 28.0. The van der Waals surface area contributed by atoms with Gasteiger partial charge in [0.2, 0.25) is 5.91 Å². The van der Waals surface area contributed by atoms with Crippen LogP contribution in [-0.2, 0) is 14.3 Å². The van der Waals surface area contributed by atoms with Crippen molar-refractivity contribution in [3.63, 3.8) is 0 Å². The first-order valence-electron chi connectivity index (χ1n) is 25.4. The van der Waals surface area contributed by atoms with Crippen molar-refractivity contribution in [1.29, 1.82) is 0 Å². The van der Waals surface area contributed by atoms with Crippen molar-refractivity contribution in [3.05, 3.63) is 12.2 Å². The van der Waals surface area contributed by atoms with E-state index in [0.717, 1.165) is 57.8 Å². The Bertz CT molecular complexity index is 847. The molecule has 0 rings (SSSR count). The monoisotopic (exact) mass is 806 g/mol. The molecule has 0 aliphatic heterocycles. The van der Waals surface area contributed by atoms with Gasteiger partial charge in [-0.15, -0.1) is 0 Å². The van der Waals surface area contributed by atoms with Crippen molar-refractivity contribution in [1.82, 2.24) is 5.32 Å². The number of carbonyl (C=O) groups is 2. The molecule has 2 atom stereocenters. The van der Waals surface area contributed by atoms with E-state index < -0.39 is 12.1 Å². The van der Waals surface area contributed by atoms with Gasteiger partial charge in [-0.25, -0.2) is 0 Å². The van der Waals surface area contributed by atoms with Gasteiger partial charge in [0.05, 0.1) is 25.4 Å². The summed E-state index contributed by atoms with van der Waals surface area (Å²) in [5, 5.41) is 23.2. The van der Waals surface area contributed by atoms with E-state index in [-0.39, 0.29) is 18.5 Å². The average Bonchev–Trinajstić information content (AvgIpc) is 3.21. The fourth-order valence-electron chi connectivity index (χ4n) is 7.87. The zero-order valence-electron chi connectivity index (χ0n) is 38.3. The molecule has 0 radical (unpaired) electrons. The Balaban J connectivity index is 3.47. The van der Waals surface area contributed by atoms with Gasteiger partial charge in [0.15, 0.2) is 0 Å². The maximum Gasteiger partial charge on any atom is 0.305 e. The van der Waals surface area contributed by atoms with Crippen molar-refractivity contribution < 1.29 is 24.5 Å². The summed E-state index contributed by atoms with van der Waals surface area (Å²) in [7, 11) is 0. The molecule has 0 aliphatic rings. The van der Waals surface area contributed by atoms with Gasteiger partial charge < -0.3 is 20.3 Å². The van der Waals surface area contributed by atoms with E-state index in [2.05, 4.69) is 31.3 Å². The number of carbonyl (C=O) groups excluding carboxylic acids is 2. The Kier molecular flexibility index (Phi) is 46.1. The molecule has 338 valence electrons. The molecule has 0 aliphatic carbocycles. The molecule has 0 saturated heterocycles. The Morgan fingerprint density at radius 2 is 0.825 bits per heavy atom. The number of rotatable bonds is 47. The number of ether oxygens (including phenoxy) is 1. The third-order valence-electron chi connectivity index (χ3n) is 11.8. The van der Waals surface area contributed by atoms with Crippen molar-refractivity contribution in [2.45, 2.75) is 289 Å². The summed E-state index contributed by atoms with van der Waals surface area (Å²) >= 11 is 0. The smallest absolute Gasteiger partial charge is 0.305 e.